The number of nitrogens with two attached hydrogens (primary N) is 1. The van der Waals surface area contributed by atoms with Gasteiger partial charge in [0.15, 0.2) is 0 Å². The second-order valence-electron chi connectivity index (χ2n) is 3.90. The van der Waals surface area contributed by atoms with E-state index in [4.69, 9.17) is 5.73 Å². The Morgan fingerprint density at radius 3 is 2.47 bits per heavy atom. The SMILES string of the molecule is CC(CS(C)(=O)=O)c1ccccc1CN. The van der Waals surface area contributed by atoms with Gasteiger partial charge in [0.1, 0.15) is 9.84 Å². The van der Waals surface area contributed by atoms with Gasteiger partial charge in [-0.3, -0.25) is 0 Å². The molecule has 0 radical (unpaired) electrons. The van der Waals surface area contributed by atoms with Gasteiger partial charge >= 0.3 is 0 Å². The summed E-state index contributed by atoms with van der Waals surface area (Å²) in [6, 6.07) is 7.71. The van der Waals surface area contributed by atoms with Gasteiger partial charge in [0.2, 0.25) is 0 Å². The zero-order chi connectivity index (χ0) is 11.5. The van der Waals surface area contributed by atoms with Crippen LogP contribution >= 0.6 is 0 Å². The van der Waals surface area contributed by atoms with E-state index in [1.807, 2.05) is 31.2 Å². The summed E-state index contributed by atoms with van der Waals surface area (Å²) in [6.45, 7) is 2.36. The molecule has 1 atom stereocenters. The summed E-state index contributed by atoms with van der Waals surface area (Å²) in [4.78, 5) is 0. The average Bonchev–Trinajstić information content (AvgIpc) is 2.15. The Hall–Kier alpha value is -0.870. The summed E-state index contributed by atoms with van der Waals surface area (Å²) in [5.41, 5.74) is 7.66. The van der Waals surface area contributed by atoms with Crippen LogP contribution in [0.1, 0.15) is 24.0 Å². The molecule has 84 valence electrons. The van der Waals surface area contributed by atoms with Crippen LogP contribution in [-0.4, -0.2) is 20.4 Å². The highest BCUT2D eigenvalue weighted by Gasteiger charge is 2.14. The minimum atomic E-state index is -2.94. The van der Waals surface area contributed by atoms with Gasteiger partial charge in [-0.15, -0.1) is 0 Å². The molecule has 2 N–H and O–H groups in total. The van der Waals surface area contributed by atoms with Gasteiger partial charge in [0.05, 0.1) is 5.75 Å². The Labute approximate surface area is 91.2 Å². The topological polar surface area (TPSA) is 60.2 Å². The van der Waals surface area contributed by atoms with Gasteiger partial charge in [-0.2, -0.15) is 0 Å². The lowest BCUT2D eigenvalue weighted by atomic mass is 9.97. The van der Waals surface area contributed by atoms with E-state index in [1.165, 1.54) is 6.26 Å². The Morgan fingerprint density at radius 1 is 1.33 bits per heavy atom. The molecule has 0 bridgehead atoms. The Balaban J connectivity index is 2.95. The highest BCUT2D eigenvalue weighted by Crippen LogP contribution is 2.20. The fourth-order valence-electron chi connectivity index (χ4n) is 1.74. The molecule has 1 aromatic carbocycles. The Kier molecular flexibility index (Phi) is 3.88. The van der Waals surface area contributed by atoms with Crippen LogP contribution in [0, 0.1) is 0 Å². The third-order valence-electron chi connectivity index (χ3n) is 2.36. The van der Waals surface area contributed by atoms with Gasteiger partial charge in [-0.25, -0.2) is 8.42 Å². The minimum absolute atomic E-state index is 0.000231. The van der Waals surface area contributed by atoms with E-state index in [9.17, 15) is 8.42 Å². The number of rotatable bonds is 4. The van der Waals surface area contributed by atoms with Gasteiger partial charge in [0, 0.05) is 12.8 Å². The first kappa shape index (κ1) is 12.2. The lowest BCUT2D eigenvalue weighted by molar-refractivity contribution is 0.596. The Bertz CT molecular complexity index is 426. The second kappa shape index (κ2) is 4.77. The summed E-state index contributed by atoms with van der Waals surface area (Å²) in [6.07, 6.45) is 1.26. The molecule has 15 heavy (non-hydrogen) atoms. The second-order valence-corrected chi connectivity index (χ2v) is 6.08. The number of hydrogen-bond acceptors (Lipinski definition) is 3. The molecule has 4 heteroatoms. The first-order valence-electron chi connectivity index (χ1n) is 4.89. The molecular formula is C11H17NO2S. The van der Waals surface area contributed by atoms with Gasteiger partial charge in [0.25, 0.3) is 0 Å². The normalized spacial score (nSPS) is 13.8. The minimum Gasteiger partial charge on any atom is -0.326 e. The fraction of sp³-hybridized carbons (Fsp3) is 0.455. The molecule has 0 aliphatic carbocycles. The van der Waals surface area contributed by atoms with Crippen LogP contribution in [0.3, 0.4) is 0 Å². The molecule has 0 aliphatic rings. The van der Waals surface area contributed by atoms with Crippen LogP contribution in [-0.2, 0) is 16.4 Å². The van der Waals surface area contributed by atoms with Crippen molar-refractivity contribution in [3.05, 3.63) is 35.4 Å². The molecule has 0 saturated carbocycles. The van der Waals surface area contributed by atoms with Crippen LogP contribution in [0.15, 0.2) is 24.3 Å². The number of benzene rings is 1. The third kappa shape index (κ3) is 3.64. The average molecular weight is 227 g/mol. The Morgan fingerprint density at radius 2 is 1.93 bits per heavy atom. The first-order valence-corrected chi connectivity index (χ1v) is 6.95. The summed E-state index contributed by atoms with van der Waals surface area (Å²) in [7, 11) is -2.94. The molecule has 1 rings (SSSR count). The van der Waals surface area contributed by atoms with Crippen molar-refractivity contribution < 1.29 is 8.42 Å². The lowest BCUT2D eigenvalue weighted by Crippen LogP contribution is -2.13. The molecule has 0 saturated heterocycles. The summed E-state index contributed by atoms with van der Waals surface area (Å²) >= 11 is 0. The van der Waals surface area contributed by atoms with E-state index in [0.717, 1.165) is 11.1 Å². The van der Waals surface area contributed by atoms with E-state index >= 15 is 0 Å². The molecule has 0 fully saturated rings. The van der Waals surface area contributed by atoms with Crippen LogP contribution in [0.25, 0.3) is 0 Å². The van der Waals surface area contributed by atoms with E-state index < -0.39 is 9.84 Å². The largest absolute Gasteiger partial charge is 0.326 e. The van der Waals surface area contributed by atoms with Crippen molar-refractivity contribution in [3.63, 3.8) is 0 Å². The van der Waals surface area contributed by atoms with Crippen molar-refractivity contribution in [2.75, 3.05) is 12.0 Å². The van der Waals surface area contributed by atoms with Gasteiger partial charge < -0.3 is 5.73 Å². The fourth-order valence-corrected chi connectivity index (χ4v) is 2.83. The number of sulfone groups is 1. The van der Waals surface area contributed by atoms with E-state index in [1.54, 1.807) is 0 Å². The van der Waals surface area contributed by atoms with E-state index in [-0.39, 0.29) is 11.7 Å². The van der Waals surface area contributed by atoms with Crippen molar-refractivity contribution in [2.24, 2.45) is 5.73 Å². The molecule has 0 spiro atoms. The first-order chi connectivity index (χ1) is 6.94. The van der Waals surface area contributed by atoms with Crippen LogP contribution < -0.4 is 5.73 Å². The zero-order valence-corrected chi connectivity index (χ0v) is 9.92. The smallest absolute Gasteiger partial charge is 0.148 e. The number of hydrogen-bond donors (Lipinski definition) is 1. The van der Waals surface area contributed by atoms with Crippen molar-refractivity contribution in [2.45, 2.75) is 19.4 Å². The molecule has 1 aromatic rings. The molecular weight excluding hydrogens is 210 g/mol. The quantitative estimate of drug-likeness (QED) is 0.843. The molecule has 0 aromatic heterocycles. The summed E-state index contributed by atoms with van der Waals surface area (Å²) in [5.74, 6) is 0.170. The predicted molar refractivity (Wildman–Crippen MR) is 62.5 cm³/mol. The monoisotopic (exact) mass is 227 g/mol. The summed E-state index contributed by atoms with van der Waals surface area (Å²) in [5, 5.41) is 0. The van der Waals surface area contributed by atoms with E-state index in [0.29, 0.717) is 6.54 Å². The molecule has 0 aliphatic heterocycles. The maximum atomic E-state index is 11.2. The van der Waals surface area contributed by atoms with Crippen LogP contribution in [0.5, 0.6) is 0 Å². The maximum Gasteiger partial charge on any atom is 0.148 e. The predicted octanol–water partition coefficient (Wildman–Crippen LogP) is 1.29. The molecule has 0 amide bonds. The summed E-state index contributed by atoms with van der Waals surface area (Å²) < 4.78 is 22.4. The van der Waals surface area contributed by atoms with Gasteiger partial charge in [-0.1, -0.05) is 31.2 Å². The molecule has 3 nitrogen and oxygen atoms in total. The molecule has 1 unspecified atom stereocenters. The molecule has 0 heterocycles. The van der Waals surface area contributed by atoms with Crippen LogP contribution in [0.4, 0.5) is 0 Å². The lowest BCUT2D eigenvalue weighted by Gasteiger charge is -2.14. The van der Waals surface area contributed by atoms with Crippen molar-refractivity contribution in [1.29, 1.82) is 0 Å². The van der Waals surface area contributed by atoms with Crippen molar-refractivity contribution >= 4 is 9.84 Å². The van der Waals surface area contributed by atoms with Gasteiger partial charge in [-0.05, 0) is 17.0 Å². The maximum absolute atomic E-state index is 11.2. The highest BCUT2D eigenvalue weighted by molar-refractivity contribution is 7.90. The van der Waals surface area contributed by atoms with Crippen molar-refractivity contribution in [1.82, 2.24) is 0 Å². The third-order valence-corrected chi connectivity index (χ3v) is 3.46. The zero-order valence-electron chi connectivity index (χ0n) is 9.10. The van der Waals surface area contributed by atoms with Crippen molar-refractivity contribution in [3.8, 4) is 0 Å². The van der Waals surface area contributed by atoms with E-state index in [2.05, 4.69) is 0 Å². The highest BCUT2D eigenvalue weighted by atomic mass is 32.2. The van der Waals surface area contributed by atoms with Crippen LogP contribution in [0.2, 0.25) is 0 Å². The standard InChI is InChI=1S/C11H17NO2S/c1-9(8-15(2,13)14)11-6-4-3-5-10(11)7-12/h3-6,9H,7-8,12H2,1-2H3.